The number of carbonyl (C=O) groups is 1. The number of ether oxygens (including phenoxy) is 1. The third-order valence-corrected chi connectivity index (χ3v) is 3.77. The molecular formula is C17H18O4P+. The first-order valence-corrected chi connectivity index (χ1v) is 8.06. The fourth-order valence-electron chi connectivity index (χ4n) is 1.78. The third kappa shape index (κ3) is 4.40. The van der Waals surface area contributed by atoms with E-state index in [9.17, 15) is 9.36 Å². The molecule has 0 spiro atoms. The van der Waals surface area contributed by atoms with Gasteiger partial charge in [0.05, 0.1) is 0 Å². The molecule has 114 valence electrons. The summed E-state index contributed by atoms with van der Waals surface area (Å²) in [5.41, 5.74) is 0.240. The van der Waals surface area contributed by atoms with Crippen LogP contribution in [0, 0.1) is 0 Å². The number of para-hydroxylation sites is 1. The Morgan fingerprint density at radius 2 is 1.50 bits per heavy atom. The molecule has 0 fully saturated rings. The van der Waals surface area contributed by atoms with Gasteiger partial charge in [-0.1, -0.05) is 51.1 Å². The summed E-state index contributed by atoms with van der Waals surface area (Å²) in [6.07, 6.45) is 0. The van der Waals surface area contributed by atoms with Crippen LogP contribution in [0.5, 0.6) is 11.5 Å². The molecule has 0 aliphatic heterocycles. The van der Waals surface area contributed by atoms with Gasteiger partial charge in [0, 0.05) is 0 Å². The van der Waals surface area contributed by atoms with Crippen LogP contribution in [0.3, 0.4) is 0 Å². The molecular weight excluding hydrogens is 299 g/mol. The highest BCUT2D eigenvalue weighted by Gasteiger charge is 2.36. The second-order valence-corrected chi connectivity index (χ2v) is 6.87. The maximum Gasteiger partial charge on any atom is 0.685 e. The summed E-state index contributed by atoms with van der Waals surface area (Å²) in [5, 5.41) is 0. The van der Waals surface area contributed by atoms with Gasteiger partial charge in [-0.15, -0.1) is 0 Å². The van der Waals surface area contributed by atoms with Gasteiger partial charge >= 0.3 is 13.7 Å². The van der Waals surface area contributed by atoms with E-state index in [1.807, 2.05) is 12.1 Å². The summed E-state index contributed by atoms with van der Waals surface area (Å²) in [6, 6.07) is 15.6. The Labute approximate surface area is 130 Å². The average Bonchev–Trinajstić information content (AvgIpc) is 2.48. The largest absolute Gasteiger partial charge is 0.685 e. The van der Waals surface area contributed by atoms with E-state index in [0.29, 0.717) is 11.5 Å². The number of carbonyl (C=O) groups excluding carboxylic acids is 1. The van der Waals surface area contributed by atoms with Crippen molar-refractivity contribution in [1.29, 1.82) is 0 Å². The van der Waals surface area contributed by atoms with Crippen LogP contribution in [-0.4, -0.2) is 5.71 Å². The molecule has 0 bridgehead atoms. The molecule has 5 heteroatoms. The quantitative estimate of drug-likeness (QED) is 0.718. The highest BCUT2D eigenvalue weighted by atomic mass is 31.1. The van der Waals surface area contributed by atoms with E-state index in [2.05, 4.69) is 20.8 Å². The smallest absolute Gasteiger partial charge is 0.385 e. The van der Waals surface area contributed by atoms with E-state index in [1.54, 1.807) is 42.5 Å². The highest BCUT2D eigenvalue weighted by Crippen LogP contribution is 2.30. The predicted molar refractivity (Wildman–Crippen MR) is 85.8 cm³/mol. The Kier molecular flexibility index (Phi) is 4.94. The Morgan fingerprint density at radius 3 is 2.05 bits per heavy atom. The monoisotopic (exact) mass is 317 g/mol. The zero-order valence-electron chi connectivity index (χ0n) is 12.8. The van der Waals surface area contributed by atoms with Crippen LogP contribution in [0.2, 0.25) is 0 Å². The first kappa shape index (κ1) is 16.2. The Hall–Kier alpha value is -2.19. The molecule has 0 radical (unpaired) electrons. The lowest BCUT2D eigenvalue weighted by molar-refractivity contribution is 0.222. The zero-order valence-corrected chi connectivity index (χ0v) is 13.7. The summed E-state index contributed by atoms with van der Waals surface area (Å²) in [7, 11) is -2.58. The van der Waals surface area contributed by atoms with Crippen molar-refractivity contribution in [2.75, 3.05) is 0 Å². The molecule has 0 aliphatic carbocycles. The molecule has 2 rings (SSSR count). The second-order valence-electron chi connectivity index (χ2n) is 5.80. The molecule has 0 aromatic heterocycles. The lowest BCUT2D eigenvalue weighted by Gasteiger charge is -2.18. The molecule has 2 aromatic rings. The number of hydrogen-bond acceptors (Lipinski definition) is 4. The van der Waals surface area contributed by atoms with Crippen LogP contribution < -0.4 is 9.26 Å². The third-order valence-electron chi connectivity index (χ3n) is 3.01. The summed E-state index contributed by atoms with van der Waals surface area (Å²) in [6.45, 7) is 6.29. The summed E-state index contributed by atoms with van der Waals surface area (Å²) >= 11 is 0. The molecule has 0 heterocycles. The van der Waals surface area contributed by atoms with Crippen molar-refractivity contribution < 1.29 is 18.6 Å². The van der Waals surface area contributed by atoms with Gasteiger partial charge in [-0.3, -0.25) is 0 Å². The van der Waals surface area contributed by atoms with E-state index in [0.717, 1.165) is 5.56 Å². The molecule has 0 N–H and O–H groups in total. The van der Waals surface area contributed by atoms with E-state index < -0.39 is 13.7 Å². The first-order chi connectivity index (χ1) is 10.4. The number of rotatable bonds is 4. The normalized spacial score (nSPS) is 11.7. The molecule has 1 atom stereocenters. The van der Waals surface area contributed by atoms with Gasteiger partial charge in [0.1, 0.15) is 5.75 Å². The van der Waals surface area contributed by atoms with Crippen molar-refractivity contribution >= 4 is 13.7 Å². The summed E-state index contributed by atoms with van der Waals surface area (Å²) in [4.78, 5) is 11.8. The van der Waals surface area contributed by atoms with Crippen LogP contribution in [0.15, 0.2) is 54.6 Å². The van der Waals surface area contributed by atoms with Gasteiger partial charge in [-0.05, 0) is 39.8 Å². The van der Waals surface area contributed by atoms with E-state index >= 15 is 0 Å². The molecule has 4 nitrogen and oxygen atoms in total. The standard InChI is InChI=1S/C17H18O4P/c1-17(2,3)13-9-11-14(12-10-13)20-16(18)22(19)21-15-7-5-4-6-8-15/h4-12H,1-3H3/q+1. The first-order valence-electron chi connectivity index (χ1n) is 6.89. The molecule has 1 unspecified atom stereocenters. The zero-order chi connectivity index (χ0) is 16.2. The Bertz CT molecular complexity index is 657. The molecule has 0 amide bonds. The Morgan fingerprint density at radius 1 is 0.909 bits per heavy atom. The molecule has 0 saturated carbocycles. The van der Waals surface area contributed by atoms with Crippen molar-refractivity contribution in [3.8, 4) is 11.5 Å². The lowest BCUT2D eigenvalue weighted by Crippen LogP contribution is -2.10. The van der Waals surface area contributed by atoms with Crippen LogP contribution in [0.1, 0.15) is 26.3 Å². The van der Waals surface area contributed by atoms with E-state index in [4.69, 9.17) is 9.26 Å². The fourth-order valence-corrected chi connectivity index (χ4v) is 2.34. The van der Waals surface area contributed by atoms with Crippen molar-refractivity contribution in [2.24, 2.45) is 0 Å². The average molecular weight is 317 g/mol. The Balaban J connectivity index is 1.98. The van der Waals surface area contributed by atoms with Crippen LogP contribution in [0.25, 0.3) is 0 Å². The number of benzene rings is 2. The van der Waals surface area contributed by atoms with Gasteiger partial charge in [0.15, 0.2) is 5.75 Å². The van der Waals surface area contributed by atoms with Crippen molar-refractivity contribution in [3.05, 3.63) is 60.2 Å². The van der Waals surface area contributed by atoms with Crippen molar-refractivity contribution in [2.45, 2.75) is 26.2 Å². The lowest BCUT2D eigenvalue weighted by atomic mass is 9.87. The highest BCUT2D eigenvalue weighted by molar-refractivity contribution is 7.58. The minimum absolute atomic E-state index is 0.0180. The maximum atomic E-state index is 11.8. The van der Waals surface area contributed by atoms with Crippen molar-refractivity contribution in [1.82, 2.24) is 0 Å². The molecule has 0 aliphatic rings. The van der Waals surface area contributed by atoms with Gasteiger partial charge in [0.25, 0.3) is 0 Å². The van der Waals surface area contributed by atoms with Crippen LogP contribution >= 0.6 is 8.03 Å². The summed E-state index contributed by atoms with van der Waals surface area (Å²) < 4.78 is 21.9. The van der Waals surface area contributed by atoms with E-state index in [1.165, 1.54) is 0 Å². The van der Waals surface area contributed by atoms with Gasteiger partial charge < -0.3 is 4.74 Å². The number of hydrogen-bond donors (Lipinski definition) is 0. The van der Waals surface area contributed by atoms with Crippen molar-refractivity contribution in [3.63, 3.8) is 0 Å². The maximum absolute atomic E-state index is 11.8. The van der Waals surface area contributed by atoms with Gasteiger partial charge in [-0.2, -0.15) is 4.79 Å². The minimum Gasteiger partial charge on any atom is -0.385 e. The molecule has 0 saturated heterocycles. The SMILES string of the molecule is CC(C)(C)c1ccc(OC(=O)[P+](=O)Oc2ccccc2)cc1. The van der Waals surface area contributed by atoms with E-state index in [-0.39, 0.29) is 5.41 Å². The fraction of sp³-hybridized carbons (Fsp3) is 0.235. The van der Waals surface area contributed by atoms with Gasteiger partial charge in [0.2, 0.25) is 0 Å². The van der Waals surface area contributed by atoms with Gasteiger partial charge in [-0.25, -0.2) is 4.52 Å². The van der Waals surface area contributed by atoms with Crippen LogP contribution in [-0.2, 0) is 9.98 Å². The summed E-state index contributed by atoms with van der Waals surface area (Å²) in [5.74, 6) is 0.710. The van der Waals surface area contributed by atoms with Crippen LogP contribution in [0.4, 0.5) is 4.79 Å². The molecule has 22 heavy (non-hydrogen) atoms. The minimum atomic E-state index is -2.58. The second kappa shape index (κ2) is 6.71. The predicted octanol–water partition coefficient (Wildman–Crippen LogP) is 5.30. The topological polar surface area (TPSA) is 52.6 Å². The molecule has 2 aromatic carbocycles.